The molecule has 3 N–H and O–H groups in total. The van der Waals surface area contributed by atoms with Crippen molar-refractivity contribution in [2.24, 2.45) is 0 Å². The fourth-order valence-electron chi connectivity index (χ4n) is 2.86. The van der Waals surface area contributed by atoms with E-state index in [4.69, 9.17) is 4.42 Å². The van der Waals surface area contributed by atoms with Gasteiger partial charge in [-0.1, -0.05) is 18.2 Å². The molecule has 0 radical (unpaired) electrons. The minimum Gasteiger partial charge on any atom is -0.468 e. The Kier molecular flexibility index (Phi) is 4.91. The van der Waals surface area contributed by atoms with E-state index in [2.05, 4.69) is 20.0 Å². The van der Waals surface area contributed by atoms with E-state index in [0.717, 1.165) is 11.0 Å². The second kappa shape index (κ2) is 7.53. The molecule has 0 aliphatic rings. The van der Waals surface area contributed by atoms with E-state index in [1.54, 1.807) is 25.1 Å². The molecule has 0 saturated heterocycles. The first kappa shape index (κ1) is 18.9. The normalized spacial score (nSPS) is 11.6. The van der Waals surface area contributed by atoms with Gasteiger partial charge in [0.25, 0.3) is 5.91 Å². The van der Waals surface area contributed by atoms with Gasteiger partial charge < -0.3 is 9.40 Å². The molecule has 2 aromatic heterocycles. The van der Waals surface area contributed by atoms with E-state index in [1.807, 2.05) is 24.3 Å². The summed E-state index contributed by atoms with van der Waals surface area (Å²) >= 11 is 0. The van der Waals surface area contributed by atoms with Crippen molar-refractivity contribution in [2.75, 3.05) is 5.32 Å². The van der Waals surface area contributed by atoms with Gasteiger partial charge in [-0.3, -0.25) is 10.1 Å². The summed E-state index contributed by atoms with van der Waals surface area (Å²) in [7, 11) is -3.82. The van der Waals surface area contributed by atoms with Crippen molar-refractivity contribution in [1.82, 2.24) is 14.7 Å². The standard InChI is InChI=1S/C20H18N4O4S/c1-13-8-9-15(29(26,27)21-12-14-5-4-10-28-14)11-16(13)19(25)24-20-22-17-6-2-3-7-18(17)23-20/h2-11,21H,12H2,1H3,(H2,22,23,24,25). The van der Waals surface area contributed by atoms with Gasteiger partial charge in [0, 0.05) is 5.56 Å². The number of amides is 1. The quantitative estimate of drug-likeness (QED) is 0.451. The van der Waals surface area contributed by atoms with E-state index >= 15 is 0 Å². The average molecular weight is 410 g/mol. The topological polar surface area (TPSA) is 117 Å². The molecule has 0 spiro atoms. The first-order chi connectivity index (χ1) is 13.9. The Hall–Kier alpha value is -3.43. The number of benzene rings is 2. The number of H-pyrrole nitrogens is 1. The number of sulfonamides is 1. The maximum absolute atomic E-state index is 12.7. The number of anilines is 1. The number of hydrogen-bond donors (Lipinski definition) is 3. The molecular weight excluding hydrogens is 392 g/mol. The zero-order chi connectivity index (χ0) is 20.4. The van der Waals surface area contributed by atoms with Gasteiger partial charge in [-0.2, -0.15) is 0 Å². The number of carbonyl (C=O) groups is 1. The van der Waals surface area contributed by atoms with Crippen LogP contribution in [0.4, 0.5) is 5.95 Å². The van der Waals surface area contributed by atoms with Crippen LogP contribution in [0.5, 0.6) is 0 Å². The fraction of sp³-hybridized carbons (Fsp3) is 0.100. The van der Waals surface area contributed by atoms with Crippen LogP contribution in [0.1, 0.15) is 21.7 Å². The van der Waals surface area contributed by atoms with E-state index in [1.165, 1.54) is 18.4 Å². The van der Waals surface area contributed by atoms with Crippen LogP contribution in [0.15, 0.2) is 70.2 Å². The van der Waals surface area contributed by atoms with Gasteiger partial charge >= 0.3 is 0 Å². The molecule has 0 unspecified atom stereocenters. The Labute approximate surface area is 167 Å². The predicted octanol–water partition coefficient (Wildman–Crippen LogP) is 3.20. The minimum absolute atomic E-state index is 0.00980. The van der Waals surface area contributed by atoms with Crippen LogP contribution >= 0.6 is 0 Å². The number of fused-ring (bicyclic) bond motifs is 1. The summed E-state index contributed by atoms with van der Waals surface area (Å²) in [5.41, 5.74) is 2.39. The number of furan rings is 1. The number of rotatable bonds is 6. The largest absolute Gasteiger partial charge is 0.468 e. The summed E-state index contributed by atoms with van der Waals surface area (Å²) in [6.45, 7) is 1.75. The highest BCUT2D eigenvalue weighted by Gasteiger charge is 2.19. The first-order valence-electron chi connectivity index (χ1n) is 8.81. The van der Waals surface area contributed by atoms with Crippen LogP contribution in [0.3, 0.4) is 0 Å². The van der Waals surface area contributed by atoms with Gasteiger partial charge in [0.05, 0.1) is 28.7 Å². The average Bonchev–Trinajstić information content (AvgIpc) is 3.35. The van der Waals surface area contributed by atoms with Gasteiger partial charge in [-0.15, -0.1) is 0 Å². The molecule has 0 bridgehead atoms. The van der Waals surface area contributed by atoms with Crippen LogP contribution in [0.2, 0.25) is 0 Å². The maximum atomic E-state index is 12.7. The summed E-state index contributed by atoms with van der Waals surface area (Å²) in [5, 5.41) is 2.69. The van der Waals surface area contributed by atoms with Crippen molar-refractivity contribution in [3.8, 4) is 0 Å². The minimum atomic E-state index is -3.82. The number of hydrogen-bond acceptors (Lipinski definition) is 5. The lowest BCUT2D eigenvalue weighted by molar-refractivity contribution is 0.102. The zero-order valence-electron chi connectivity index (χ0n) is 15.5. The molecule has 148 valence electrons. The molecule has 4 rings (SSSR count). The Morgan fingerprint density at radius 1 is 1.14 bits per heavy atom. The Morgan fingerprint density at radius 3 is 2.72 bits per heavy atom. The molecular formula is C20H18N4O4S. The summed E-state index contributed by atoms with van der Waals surface area (Å²) in [4.78, 5) is 20.0. The molecule has 0 atom stereocenters. The van der Waals surface area contributed by atoms with Gasteiger partial charge in [-0.05, 0) is 48.9 Å². The Balaban J connectivity index is 1.56. The number of nitrogens with zero attached hydrogens (tertiary/aromatic N) is 1. The van der Waals surface area contributed by atoms with Crippen molar-refractivity contribution in [2.45, 2.75) is 18.4 Å². The number of para-hydroxylation sites is 2. The molecule has 9 heteroatoms. The SMILES string of the molecule is Cc1ccc(S(=O)(=O)NCc2ccco2)cc1C(=O)Nc1nc2ccccc2[nH]1. The van der Waals surface area contributed by atoms with Crippen LogP contribution < -0.4 is 10.0 Å². The number of aromatic amines is 1. The molecule has 4 aromatic rings. The number of carbonyl (C=O) groups excluding carboxylic acids is 1. The smallest absolute Gasteiger partial charge is 0.258 e. The van der Waals surface area contributed by atoms with Crippen molar-refractivity contribution in [1.29, 1.82) is 0 Å². The van der Waals surface area contributed by atoms with Crippen molar-refractivity contribution in [3.05, 3.63) is 77.7 Å². The molecule has 2 heterocycles. The van der Waals surface area contributed by atoms with Gasteiger partial charge in [-0.25, -0.2) is 18.1 Å². The third kappa shape index (κ3) is 4.05. The molecule has 2 aromatic carbocycles. The van der Waals surface area contributed by atoms with Gasteiger partial charge in [0.1, 0.15) is 5.76 Å². The Bertz CT molecular complexity index is 1240. The lowest BCUT2D eigenvalue weighted by Crippen LogP contribution is -2.24. The summed E-state index contributed by atoms with van der Waals surface area (Å²) < 4.78 is 32.8. The van der Waals surface area contributed by atoms with Crippen molar-refractivity contribution < 1.29 is 17.6 Å². The Morgan fingerprint density at radius 2 is 1.97 bits per heavy atom. The van der Waals surface area contributed by atoms with Crippen LogP contribution in [-0.2, 0) is 16.6 Å². The van der Waals surface area contributed by atoms with E-state index in [-0.39, 0.29) is 17.0 Å². The molecule has 29 heavy (non-hydrogen) atoms. The van der Waals surface area contributed by atoms with Crippen molar-refractivity contribution in [3.63, 3.8) is 0 Å². The predicted molar refractivity (Wildman–Crippen MR) is 108 cm³/mol. The fourth-order valence-corrected chi connectivity index (χ4v) is 3.88. The van der Waals surface area contributed by atoms with E-state index < -0.39 is 15.9 Å². The first-order valence-corrected chi connectivity index (χ1v) is 10.3. The molecule has 1 amide bonds. The summed E-state index contributed by atoms with van der Waals surface area (Å²) in [6.07, 6.45) is 1.47. The lowest BCUT2D eigenvalue weighted by atomic mass is 10.1. The number of aryl methyl sites for hydroxylation is 1. The molecule has 0 aliphatic heterocycles. The zero-order valence-corrected chi connectivity index (χ0v) is 16.3. The highest BCUT2D eigenvalue weighted by Crippen LogP contribution is 2.19. The molecule has 8 nitrogen and oxygen atoms in total. The second-order valence-electron chi connectivity index (χ2n) is 6.44. The molecule has 0 saturated carbocycles. The number of imidazole rings is 1. The van der Waals surface area contributed by atoms with Gasteiger partial charge in [0.15, 0.2) is 0 Å². The van der Waals surface area contributed by atoms with E-state index in [9.17, 15) is 13.2 Å². The van der Waals surface area contributed by atoms with Gasteiger partial charge in [0.2, 0.25) is 16.0 Å². The lowest BCUT2D eigenvalue weighted by Gasteiger charge is -2.10. The number of nitrogens with one attached hydrogen (secondary N) is 3. The summed E-state index contributed by atoms with van der Waals surface area (Å²) in [6, 6.07) is 15.1. The van der Waals surface area contributed by atoms with Crippen LogP contribution in [0.25, 0.3) is 11.0 Å². The second-order valence-corrected chi connectivity index (χ2v) is 8.20. The monoisotopic (exact) mass is 410 g/mol. The third-order valence-corrected chi connectivity index (χ3v) is 5.80. The highest BCUT2D eigenvalue weighted by atomic mass is 32.2. The third-order valence-electron chi connectivity index (χ3n) is 4.40. The number of aromatic nitrogens is 2. The van der Waals surface area contributed by atoms with Crippen molar-refractivity contribution >= 4 is 32.9 Å². The van der Waals surface area contributed by atoms with Crippen LogP contribution in [0, 0.1) is 6.92 Å². The van der Waals surface area contributed by atoms with Crippen LogP contribution in [-0.4, -0.2) is 24.3 Å². The highest BCUT2D eigenvalue weighted by molar-refractivity contribution is 7.89. The summed E-state index contributed by atoms with van der Waals surface area (Å²) in [5.74, 6) is 0.327. The van der Waals surface area contributed by atoms with E-state index in [0.29, 0.717) is 17.3 Å². The molecule has 0 aliphatic carbocycles. The molecule has 0 fully saturated rings. The maximum Gasteiger partial charge on any atom is 0.258 e.